The number of hydrogen-bond donors (Lipinski definition) is 1. The number of hydrogen-bond acceptors (Lipinski definition) is 4. The molecular weight excluding hydrogens is 378 g/mol. The zero-order chi connectivity index (χ0) is 20.9. The van der Waals surface area contributed by atoms with Gasteiger partial charge in [0.15, 0.2) is 0 Å². The maximum atomic E-state index is 12.9. The van der Waals surface area contributed by atoms with E-state index in [1.807, 2.05) is 26.0 Å². The lowest BCUT2D eigenvalue weighted by Gasteiger charge is -2.36. The Morgan fingerprint density at radius 2 is 1.64 bits per heavy atom. The zero-order valence-corrected chi connectivity index (χ0v) is 18.0. The van der Waals surface area contributed by atoms with Crippen LogP contribution in [-0.2, 0) is 26.0 Å². The van der Waals surface area contributed by atoms with E-state index in [4.69, 9.17) is 0 Å². The van der Waals surface area contributed by atoms with Gasteiger partial charge in [-0.3, -0.25) is 9.59 Å². The van der Waals surface area contributed by atoms with Gasteiger partial charge in [0.05, 0.1) is 4.90 Å². The van der Waals surface area contributed by atoms with Crippen molar-refractivity contribution in [1.29, 1.82) is 0 Å². The van der Waals surface area contributed by atoms with E-state index in [9.17, 15) is 18.0 Å². The summed E-state index contributed by atoms with van der Waals surface area (Å²) < 4.78 is 27.2. The van der Waals surface area contributed by atoms with Crippen molar-refractivity contribution in [3.05, 3.63) is 29.8 Å². The highest BCUT2D eigenvalue weighted by molar-refractivity contribution is 7.89. The van der Waals surface area contributed by atoms with Crippen LogP contribution in [-0.4, -0.2) is 61.7 Å². The third-order valence-corrected chi connectivity index (χ3v) is 6.85. The summed E-state index contributed by atoms with van der Waals surface area (Å²) in [7, 11) is -3.57. The molecule has 1 atom stereocenters. The molecule has 1 fully saturated rings. The molecule has 0 radical (unpaired) electrons. The Bertz CT molecular complexity index is 782. The van der Waals surface area contributed by atoms with Crippen LogP contribution >= 0.6 is 0 Å². The minimum absolute atomic E-state index is 0.0419. The van der Waals surface area contributed by atoms with Gasteiger partial charge in [0, 0.05) is 33.1 Å². The average Bonchev–Trinajstić information content (AvgIpc) is 2.66. The highest BCUT2D eigenvalue weighted by atomic mass is 32.2. The van der Waals surface area contributed by atoms with Gasteiger partial charge in [0.1, 0.15) is 6.04 Å². The first-order valence-corrected chi connectivity index (χ1v) is 11.3. The molecule has 1 aliphatic rings. The molecule has 1 N–H and O–H groups in total. The quantitative estimate of drug-likeness (QED) is 0.742. The van der Waals surface area contributed by atoms with Crippen LogP contribution in [0.2, 0.25) is 0 Å². The normalized spacial score (nSPS) is 16.8. The second kappa shape index (κ2) is 9.52. The molecule has 1 aliphatic heterocycles. The minimum atomic E-state index is -3.57. The zero-order valence-electron chi connectivity index (χ0n) is 17.1. The van der Waals surface area contributed by atoms with Crippen LogP contribution in [0.1, 0.15) is 39.7 Å². The summed E-state index contributed by atoms with van der Waals surface area (Å²) in [5.41, 5.74) is 1.12. The second-order valence-corrected chi connectivity index (χ2v) is 9.48. The van der Waals surface area contributed by atoms with Gasteiger partial charge >= 0.3 is 0 Å². The lowest BCUT2D eigenvalue weighted by atomic mass is 10.0. The largest absolute Gasteiger partial charge is 0.344 e. The van der Waals surface area contributed by atoms with Crippen molar-refractivity contribution >= 4 is 21.8 Å². The number of nitrogens with zero attached hydrogens (tertiary/aromatic N) is 2. The van der Waals surface area contributed by atoms with Crippen LogP contribution in [0, 0.1) is 5.92 Å². The molecule has 7 nitrogen and oxygen atoms in total. The predicted molar refractivity (Wildman–Crippen MR) is 108 cm³/mol. The fourth-order valence-electron chi connectivity index (χ4n) is 3.34. The number of amides is 2. The SMILES string of the molecule is CCCc1ccc(S(=O)(=O)N2CCN(C(=O)C(NC(C)=O)C(C)C)CC2)cc1. The molecule has 1 heterocycles. The van der Waals surface area contributed by atoms with E-state index in [2.05, 4.69) is 12.2 Å². The Morgan fingerprint density at radius 1 is 1.07 bits per heavy atom. The van der Waals surface area contributed by atoms with Crippen LogP contribution < -0.4 is 5.32 Å². The highest BCUT2D eigenvalue weighted by Crippen LogP contribution is 2.19. The van der Waals surface area contributed by atoms with Gasteiger partial charge in [0.25, 0.3) is 0 Å². The fraction of sp³-hybridized carbons (Fsp3) is 0.600. The van der Waals surface area contributed by atoms with Crippen molar-refractivity contribution < 1.29 is 18.0 Å². The van der Waals surface area contributed by atoms with Gasteiger partial charge < -0.3 is 10.2 Å². The number of rotatable bonds is 7. The molecule has 156 valence electrons. The molecule has 8 heteroatoms. The Labute approximate surface area is 168 Å². The second-order valence-electron chi connectivity index (χ2n) is 7.55. The summed E-state index contributed by atoms with van der Waals surface area (Å²) in [6.45, 7) is 8.35. The Kier molecular flexibility index (Phi) is 7.60. The molecule has 0 aromatic heterocycles. The maximum Gasteiger partial charge on any atom is 0.245 e. The van der Waals surface area contributed by atoms with Crippen LogP contribution in [0.3, 0.4) is 0 Å². The van der Waals surface area contributed by atoms with E-state index in [0.717, 1.165) is 18.4 Å². The first kappa shape index (κ1) is 22.4. The minimum Gasteiger partial charge on any atom is -0.344 e. The van der Waals surface area contributed by atoms with Crippen LogP contribution in [0.15, 0.2) is 29.2 Å². The number of benzene rings is 1. The van der Waals surface area contributed by atoms with Gasteiger partial charge in [-0.15, -0.1) is 0 Å². The van der Waals surface area contributed by atoms with Gasteiger partial charge in [0.2, 0.25) is 21.8 Å². The van der Waals surface area contributed by atoms with E-state index in [1.54, 1.807) is 17.0 Å². The summed E-state index contributed by atoms with van der Waals surface area (Å²) in [6, 6.07) is 6.44. The van der Waals surface area contributed by atoms with Crippen molar-refractivity contribution in [3.63, 3.8) is 0 Å². The Morgan fingerprint density at radius 3 is 2.11 bits per heavy atom. The third kappa shape index (κ3) is 5.32. The first-order chi connectivity index (χ1) is 13.2. The summed E-state index contributed by atoms with van der Waals surface area (Å²) in [5.74, 6) is -0.453. The molecule has 1 saturated heterocycles. The number of sulfonamides is 1. The van der Waals surface area contributed by atoms with Gasteiger partial charge in [-0.25, -0.2) is 8.42 Å². The predicted octanol–water partition coefficient (Wildman–Crippen LogP) is 1.63. The van der Waals surface area contributed by atoms with Crippen molar-refractivity contribution in [2.45, 2.75) is 51.5 Å². The van der Waals surface area contributed by atoms with Crippen molar-refractivity contribution in [3.8, 4) is 0 Å². The third-order valence-electron chi connectivity index (χ3n) is 4.94. The van der Waals surface area contributed by atoms with E-state index in [1.165, 1.54) is 11.2 Å². The van der Waals surface area contributed by atoms with E-state index < -0.39 is 16.1 Å². The number of carbonyl (C=O) groups is 2. The molecule has 1 aromatic rings. The standard InChI is InChI=1S/C20H31N3O4S/c1-5-6-17-7-9-18(10-8-17)28(26,27)23-13-11-22(12-14-23)20(25)19(15(2)3)21-16(4)24/h7-10,15,19H,5-6,11-14H2,1-4H3,(H,21,24). The molecule has 0 aliphatic carbocycles. The summed E-state index contributed by atoms with van der Waals surface area (Å²) in [4.78, 5) is 26.0. The van der Waals surface area contributed by atoms with Gasteiger partial charge in [-0.2, -0.15) is 4.31 Å². The highest BCUT2D eigenvalue weighted by Gasteiger charge is 2.33. The molecule has 0 spiro atoms. The van der Waals surface area contributed by atoms with Crippen molar-refractivity contribution in [1.82, 2.24) is 14.5 Å². The van der Waals surface area contributed by atoms with Crippen LogP contribution in [0.4, 0.5) is 0 Å². The fourth-order valence-corrected chi connectivity index (χ4v) is 4.77. The Balaban J connectivity index is 2.03. The van der Waals surface area contributed by atoms with E-state index >= 15 is 0 Å². The smallest absolute Gasteiger partial charge is 0.245 e. The Hall–Kier alpha value is -1.93. The topological polar surface area (TPSA) is 86.8 Å². The summed E-state index contributed by atoms with van der Waals surface area (Å²) in [5, 5.41) is 2.70. The van der Waals surface area contributed by atoms with E-state index in [0.29, 0.717) is 13.1 Å². The monoisotopic (exact) mass is 409 g/mol. The van der Waals surface area contributed by atoms with Gasteiger partial charge in [-0.1, -0.05) is 39.3 Å². The van der Waals surface area contributed by atoms with Crippen LogP contribution in [0.25, 0.3) is 0 Å². The maximum absolute atomic E-state index is 12.9. The molecule has 0 bridgehead atoms. The summed E-state index contributed by atoms with van der Waals surface area (Å²) >= 11 is 0. The molecule has 2 amide bonds. The van der Waals surface area contributed by atoms with Gasteiger partial charge in [-0.05, 0) is 30.0 Å². The summed E-state index contributed by atoms with van der Waals surface area (Å²) in [6.07, 6.45) is 1.93. The van der Waals surface area contributed by atoms with Crippen molar-refractivity contribution in [2.24, 2.45) is 5.92 Å². The molecule has 1 unspecified atom stereocenters. The number of piperazine rings is 1. The molecule has 28 heavy (non-hydrogen) atoms. The molecule has 1 aromatic carbocycles. The van der Waals surface area contributed by atoms with Crippen molar-refractivity contribution in [2.75, 3.05) is 26.2 Å². The number of nitrogens with one attached hydrogen (secondary N) is 1. The molecule has 0 saturated carbocycles. The number of carbonyl (C=O) groups excluding carboxylic acids is 2. The average molecular weight is 410 g/mol. The molecular formula is C20H31N3O4S. The lowest BCUT2D eigenvalue weighted by molar-refractivity contribution is -0.138. The molecule has 2 rings (SSSR count). The first-order valence-electron chi connectivity index (χ1n) is 9.81. The van der Waals surface area contributed by atoms with E-state index in [-0.39, 0.29) is 35.7 Å². The lowest BCUT2D eigenvalue weighted by Crippen LogP contribution is -2.56. The number of aryl methyl sites for hydroxylation is 1. The van der Waals surface area contributed by atoms with Crippen LogP contribution in [0.5, 0.6) is 0 Å².